The van der Waals surface area contributed by atoms with Crippen molar-refractivity contribution in [2.75, 3.05) is 13.6 Å². The lowest BCUT2D eigenvalue weighted by molar-refractivity contribution is -0.139. The summed E-state index contributed by atoms with van der Waals surface area (Å²) in [7, 11) is 1.78. The van der Waals surface area contributed by atoms with E-state index in [0.29, 0.717) is 25.3 Å². The minimum atomic E-state index is -0.571. The van der Waals surface area contributed by atoms with Crippen molar-refractivity contribution in [3.63, 3.8) is 0 Å². The number of unbranched alkanes of at least 4 members (excludes halogenated alkanes) is 2. The first-order chi connectivity index (χ1) is 11.5. The van der Waals surface area contributed by atoms with Gasteiger partial charge in [0.05, 0.1) is 17.9 Å². The highest BCUT2D eigenvalue weighted by Gasteiger charge is 2.45. The summed E-state index contributed by atoms with van der Waals surface area (Å²) in [4.78, 5) is 26.9. The van der Waals surface area contributed by atoms with Crippen molar-refractivity contribution in [1.29, 1.82) is 0 Å². The van der Waals surface area contributed by atoms with Crippen molar-refractivity contribution in [2.24, 2.45) is 17.8 Å². The molecule has 0 aromatic carbocycles. The standard InChI is InChI=1S/C19H30N2O3/c1-4-6-7-8-9-21(3)19(24)16-12-14(22)11-15(16)18(23)20-17-10-13(17)5-2/h4-5,13-17,22H,1-2,6-12H2,3H3,(H,20,23)/t13-,14+,15-,16-,17+/m1/s1. The van der Waals surface area contributed by atoms with Crippen molar-refractivity contribution >= 4 is 11.8 Å². The molecule has 0 spiro atoms. The largest absolute Gasteiger partial charge is 0.393 e. The smallest absolute Gasteiger partial charge is 0.226 e. The van der Waals surface area contributed by atoms with E-state index in [1.165, 1.54) is 0 Å². The fraction of sp³-hybridized carbons (Fsp3) is 0.684. The number of allylic oxidation sites excluding steroid dienone is 1. The van der Waals surface area contributed by atoms with Crippen molar-refractivity contribution in [3.8, 4) is 0 Å². The van der Waals surface area contributed by atoms with Crippen LogP contribution >= 0.6 is 0 Å². The third-order valence-electron chi connectivity index (χ3n) is 5.19. The van der Waals surface area contributed by atoms with Crippen LogP contribution in [0.5, 0.6) is 0 Å². The number of hydrogen-bond donors (Lipinski definition) is 2. The van der Waals surface area contributed by atoms with Gasteiger partial charge in [-0.25, -0.2) is 0 Å². The van der Waals surface area contributed by atoms with Crippen LogP contribution in [0.25, 0.3) is 0 Å². The quantitative estimate of drug-likeness (QED) is 0.500. The predicted molar refractivity (Wildman–Crippen MR) is 94.1 cm³/mol. The van der Waals surface area contributed by atoms with Crippen LogP contribution in [0.1, 0.15) is 38.5 Å². The first-order valence-electron chi connectivity index (χ1n) is 8.94. The van der Waals surface area contributed by atoms with Crippen LogP contribution in [-0.4, -0.2) is 47.6 Å². The molecule has 2 amide bonds. The van der Waals surface area contributed by atoms with Gasteiger partial charge in [-0.2, -0.15) is 0 Å². The van der Waals surface area contributed by atoms with Gasteiger partial charge in [0.15, 0.2) is 0 Å². The summed E-state index contributed by atoms with van der Waals surface area (Å²) in [5, 5.41) is 13.0. The molecule has 0 heterocycles. The summed E-state index contributed by atoms with van der Waals surface area (Å²) in [6, 6.07) is 0.153. The van der Waals surface area contributed by atoms with Gasteiger partial charge in [0.2, 0.25) is 11.8 Å². The number of aliphatic hydroxyl groups is 1. The molecular formula is C19H30N2O3. The summed E-state index contributed by atoms with van der Waals surface area (Å²) in [5.74, 6) is -0.609. The molecule has 5 atom stereocenters. The molecule has 5 heteroatoms. The molecule has 2 N–H and O–H groups in total. The first kappa shape index (κ1) is 18.7. The Morgan fingerprint density at radius 3 is 2.54 bits per heavy atom. The topological polar surface area (TPSA) is 69.6 Å². The Balaban J connectivity index is 1.88. The molecule has 0 unspecified atom stereocenters. The lowest BCUT2D eigenvalue weighted by Gasteiger charge is -2.24. The van der Waals surface area contributed by atoms with Crippen molar-refractivity contribution in [2.45, 2.75) is 50.7 Å². The molecule has 0 aromatic rings. The lowest BCUT2D eigenvalue weighted by Crippen LogP contribution is -2.41. The van der Waals surface area contributed by atoms with Gasteiger partial charge in [0, 0.05) is 19.6 Å². The highest BCUT2D eigenvalue weighted by atomic mass is 16.3. The monoisotopic (exact) mass is 334 g/mol. The third-order valence-corrected chi connectivity index (χ3v) is 5.19. The van der Waals surface area contributed by atoms with Crippen molar-refractivity contribution in [3.05, 3.63) is 25.3 Å². The Kier molecular flexibility index (Phi) is 6.60. The molecule has 0 saturated heterocycles. The summed E-state index contributed by atoms with van der Waals surface area (Å²) in [6.07, 6.45) is 7.71. The molecule has 5 nitrogen and oxygen atoms in total. The Morgan fingerprint density at radius 1 is 1.21 bits per heavy atom. The van der Waals surface area contributed by atoms with E-state index in [0.717, 1.165) is 25.7 Å². The second kappa shape index (κ2) is 8.47. The van der Waals surface area contributed by atoms with Crippen LogP contribution in [0.15, 0.2) is 25.3 Å². The van der Waals surface area contributed by atoms with Gasteiger partial charge in [0.1, 0.15) is 0 Å². The van der Waals surface area contributed by atoms with Crippen molar-refractivity contribution < 1.29 is 14.7 Å². The van der Waals surface area contributed by atoms with Crippen LogP contribution < -0.4 is 5.32 Å². The molecule has 2 aliphatic carbocycles. The molecule has 0 radical (unpaired) electrons. The molecular weight excluding hydrogens is 304 g/mol. The van der Waals surface area contributed by atoms with Gasteiger partial charge in [-0.3, -0.25) is 9.59 Å². The van der Waals surface area contributed by atoms with Crippen LogP contribution in [0, 0.1) is 17.8 Å². The summed E-state index contributed by atoms with van der Waals surface area (Å²) in [6.45, 7) is 8.11. The van der Waals surface area contributed by atoms with E-state index >= 15 is 0 Å². The highest BCUT2D eigenvalue weighted by Crippen LogP contribution is 2.36. The zero-order valence-corrected chi connectivity index (χ0v) is 14.6. The molecule has 2 aliphatic rings. The molecule has 24 heavy (non-hydrogen) atoms. The molecule has 2 rings (SSSR count). The van der Waals surface area contributed by atoms with Crippen LogP contribution in [0.3, 0.4) is 0 Å². The van der Waals surface area contributed by atoms with Gasteiger partial charge in [-0.1, -0.05) is 12.2 Å². The summed E-state index contributed by atoms with van der Waals surface area (Å²) in [5.41, 5.74) is 0. The molecule has 2 fully saturated rings. The zero-order valence-electron chi connectivity index (χ0n) is 14.6. The Labute approximate surface area is 144 Å². The first-order valence-corrected chi connectivity index (χ1v) is 8.94. The van der Waals surface area contributed by atoms with Gasteiger partial charge in [0.25, 0.3) is 0 Å². The maximum absolute atomic E-state index is 12.7. The fourth-order valence-corrected chi connectivity index (χ4v) is 3.54. The Morgan fingerprint density at radius 2 is 1.92 bits per heavy atom. The number of nitrogens with zero attached hydrogens (tertiary/aromatic N) is 1. The van der Waals surface area contributed by atoms with E-state index in [1.54, 1.807) is 11.9 Å². The number of hydrogen-bond acceptors (Lipinski definition) is 3. The van der Waals surface area contributed by atoms with E-state index < -0.39 is 17.9 Å². The average molecular weight is 334 g/mol. The number of nitrogens with one attached hydrogen (secondary N) is 1. The molecule has 134 valence electrons. The number of amides is 2. The van der Waals surface area contributed by atoms with Crippen LogP contribution in [-0.2, 0) is 9.59 Å². The number of rotatable bonds is 9. The SMILES string of the molecule is C=CCCCCN(C)C(=O)[C@@H]1C[C@@H](O)C[C@H]1C(=O)N[C@H]1C[C@H]1C=C. The number of carbonyl (C=O) groups excluding carboxylic acids is 2. The number of aliphatic hydroxyl groups excluding tert-OH is 1. The van der Waals surface area contributed by atoms with Crippen molar-refractivity contribution in [1.82, 2.24) is 10.2 Å². The minimum Gasteiger partial charge on any atom is -0.393 e. The van der Waals surface area contributed by atoms with E-state index in [9.17, 15) is 14.7 Å². The highest BCUT2D eigenvalue weighted by molar-refractivity contribution is 5.88. The predicted octanol–water partition coefficient (Wildman–Crippen LogP) is 1.88. The van der Waals surface area contributed by atoms with E-state index in [1.807, 2.05) is 12.2 Å². The minimum absolute atomic E-state index is 0.0265. The molecule has 2 saturated carbocycles. The summed E-state index contributed by atoms with van der Waals surface area (Å²) >= 11 is 0. The fourth-order valence-electron chi connectivity index (χ4n) is 3.54. The summed E-state index contributed by atoms with van der Waals surface area (Å²) < 4.78 is 0. The molecule has 0 aromatic heterocycles. The number of carbonyl (C=O) groups is 2. The van der Waals surface area contributed by atoms with Crippen LogP contribution in [0.4, 0.5) is 0 Å². The maximum Gasteiger partial charge on any atom is 0.226 e. The zero-order chi connectivity index (χ0) is 17.7. The van der Waals surface area contributed by atoms with Gasteiger partial charge in [-0.05, 0) is 44.4 Å². The normalized spacial score (nSPS) is 31.3. The van der Waals surface area contributed by atoms with E-state index in [2.05, 4.69) is 18.5 Å². The second-order valence-corrected chi connectivity index (χ2v) is 7.13. The third kappa shape index (κ3) is 4.69. The van der Waals surface area contributed by atoms with Gasteiger partial charge < -0.3 is 15.3 Å². The Hall–Kier alpha value is -1.62. The van der Waals surface area contributed by atoms with E-state index in [-0.39, 0.29) is 17.9 Å². The van der Waals surface area contributed by atoms with E-state index in [4.69, 9.17) is 0 Å². The van der Waals surface area contributed by atoms with Gasteiger partial charge >= 0.3 is 0 Å². The molecule has 0 bridgehead atoms. The lowest BCUT2D eigenvalue weighted by atomic mass is 9.93. The molecule has 0 aliphatic heterocycles. The van der Waals surface area contributed by atoms with Crippen LogP contribution in [0.2, 0.25) is 0 Å². The second-order valence-electron chi connectivity index (χ2n) is 7.13. The average Bonchev–Trinajstić information content (AvgIpc) is 3.20. The Bertz CT molecular complexity index is 491. The maximum atomic E-state index is 12.7. The van der Waals surface area contributed by atoms with Gasteiger partial charge in [-0.15, -0.1) is 13.2 Å².